The Kier molecular flexibility index (Phi) is 4.61. The third-order valence-electron chi connectivity index (χ3n) is 6.87. The molecule has 2 bridgehead atoms. The monoisotopic (exact) mass is 434 g/mol. The fourth-order valence-electron chi connectivity index (χ4n) is 5.60. The van der Waals surface area contributed by atoms with Gasteiger partial charge >= 0.3 is 21.3 Å². The molecule has 1 aromatic carbocycles. The maximum Gasteiger partial charge on any atom is 0.534 e. The summed E-state index contributed by atoms with van der Waals surface area (Å²) in [5.74, 6) is -0.571. The summed E-state index contributed by atoms with van der Waals surface area (Å²) in [5, 5.41) is 11.5. The number of halogens is 3. The van der Waals surface area contributed by atoms with E-state index in [2.05, 4.69) is 9.08 Å². The zero-order chi connectivity index (χ0) is 21.2. The van der Waals surface area contributed by atoms with Crippen LogP contribution in [0.4, 0.5) is 18.9 Å². The summed E-state index contributed by atoms with van der Waals surface area (Å²) in [6.07, 6.45) is 5.15. The maximum absolute atomic E-state index is 12.8. The number of rotatable bonds is 3. The van der Waals surface area contributed by atoms with Crippen LogP contribution in [0.2, 0.25) is 0 Å². The van der Waals surface area contributed by atoms with Crippen LogP contribution in [0.3, 0.4) is 0 Å². The number of hydrogen-bond donors (Lipinski definition) is 0. The van der Waals surface area contributed by atoms with Crippen molar-refractivity contribution in [3.05, 3.63) is 33.4 Å². The highest BCUT2D eigenvalue weighted by Crippen LogP contribution is 2.57. The molecule has 4 rings (SSSR count). The summed E-state index contributed by atoms with van der Waals surface area (Å²) in [5.41, 5.74) is -5.32. The van der Waals surface area contributed by atoms with Gasteiger partial charge in [-0.3, -0.25) is 10.1 Å². The first-order valence-corrected chi connectivity index (χ1v) is 10.9. The molecule has 29 heavy (non-hydrogen) atoms. The number of piperidine rings is 1. The molecule has 1 aromatic rings. The second kappa shape index (κ2) is 6.56. The van der Waals surface area contributed by atoms with Crippen molar-refractivity contribution in [3.63, 3.8) is 0 Å². The molecule has 1 saturated carbocycles. The first kappa shape index (κ1) is 20.4. The second-order valence-corrected chi connectivity index (χ2v) is 9.77. The van der Waals surface area contributed by atoms with E-state index in [9.17, 15) is 31.7 Å². The molecule has 2 aliphatic carbocycles. The standard InChI is InChI=1S/C18H21F3N2O5S/c1-22-7-6-17-5-3-2-4-12(17)14(22)8-11-9-15(23(24)25)16(10-13(11)17)28-29(26,27)18(19,20)21/h9-10,12,14H,2-8H2,1H3/t12-,14+,17+/m1/s1. The van der Waals surface area contributed by atoms with Gasteiger partial charge < -0.3 is 9.08 Å². The SMILES string of the molecule is CN1CC[C@@]23CCCC[C@@H]2[C@@H]1Cc1cc([N+](=O)[O-])c(OS(=O)(=O)C(F)(F)F)cc13. The lowest BCUT2D eigenvalue weighted by Crippen LogP contribution is -2.59. The molecule has 3 atom stereocenters. The van der Waals surface area contributed by atoms with Gasteiger partial charge in [0.25, 0.3) is 0 Å². The Morgan fingerprint density at radius 2 is 2.00 bits per heavy atom. The number of nitro benzene ring substituents is 1. The lowest BCUT2D eigenvalue weighted by molar-refractivity contribution is -0.385. The van der Waals surface area contributed by atoms with Gasteiger partial charge in [0.15, 0.2) is 0 Å². The largest absolute Gasteiger partial charge is 0.534 e. The van der Waals surface area contributed by atoms with E-state index >= 15 is 0 Å². The fraction of sp³-hybridized carbons (Fsp3) is 0.667. The van der Waals surface area contributed by atoms with E-state index < -0.39 is 32.0 Å². The van der Waals surface area contributed by atoms with Gasteiger partial charge in [-0.25, -0.2) is 0 Å². The van der Waals surface area contributed by atoms with E-state index in [1.807, 2.05) is 7.05 Å². The highest BCUT2D eigenvalue weighted by Gasteiger charge is 2.54. The molecule has 3 aliphatic rings. The van der Waals surface area contributed by atoms with E-state index in [0.29, 0.717) is 17.5 Å². The van der Waals surface area contributed by atoms with Crippen LogP contribution < -0.4 is 4.18 Å². The topological polar surface area (TPSA) is 89.8 Å². The summed E-state index contributed by atoms with van der Waals surface area (Å²) in [7, 11) is -3.98. The molecule has 0 radical (unpaired) electrons. The van der Waals surface area contributed by atoms with Crippen molar-refractivity contribution in [3.8, 4) is 5.75 Å². The number of nitro groups is 1. The number of likely N-dealkylation sites (N-methyl/N-ethyl adjacent to an activating group) is 1. The zero-order valence-electron chi connectivity index (χ0n) is 15.7. The normalized spacial score (nSPS) is 29.7. The summed E-state index contributed by atoms with van der Waals surface area (Å²) in [6.45, 7) is 0.814. The smallest absolute Gasteiger partial charge is 0.369 e. The Morgan fingerprint density at radius 3 is 2.66 bits per heavy atom. The van der Waals surface area contributed by atoms with Crippen molar-refractivity contribution < 1.29 is 30.7 Å². The molecule has 160 valence electrons. The maximum atomic E-state index is 12.8. The highest BCUT2D eigenvalue weighted by molar-refractivity contribution is 7.88. The lowest BCUT2D eigenvalue weighted by atomic mass is 9.52. The van der Waals surface area contributed by atoms with Crippen LogP contribution in [0.5, 0.6) is 5.75 Å². The van der Waals surface area contributed by atoms with Crippen LogP contribution >= 0.6 is 0 Å². The Morgan fingerprint density at radius 1 is 1.28 bits per heavy atom. The Labute approximate surface area is 166 Å². The highest BCUT2D eigenvalue weighted by atomic mass is 32.2. The number of benzene rings is 1. The Balaban J connectivity index is 1.88. The number of hydrogen-bond acceptors (Lipinski definition) is 6. The molecule has 1 saturated heterocycles. The Hall–Kier alpha value is -1.88. The molecular formula is C18H21F3N2O5S. The summed E-state index contributed by atoms with van der Waals surface area (Å²) in [6, 6.07) is 2.60. The van der Waals surface area contributed by atoms with Gasteiger partial charge in [-0.05, 0) is 62.4 Å². The van der Waals surface area contributed by atoms with Crippen LogP contribution in [0.1, 0.15) is 43.2 Å². The van der Waals surface area contributed by atoms with Crippen molar-refractivity contribution in [2.45, 2.75) is 55.5 Å². The summed E-state index contributed by atoms with van der Waals surface area (Å²) >= 11 is 0. The molecule has 0 aromatic heterocycles. The minimum atomic E-state index is -6.01. The molecule has 0 unspecified atom stereocenters. The van der Waals surface area contributed by atoms with Crippen LogP contribution in [0.25, 0.3) is 0 Å². The minimum absolute atomic E-state index is 0.210. The molecule has 11 heteroatoms. The summed E-state index contributed by atoms with van der Waals surface area (Å²) in [4.78, 5) is 12.8. The predicted octanol–water partition coefficient (Wildman–Crippen LogP) is 3.51. The predicted molar refractivity (Wildman–Crippen MR) is 97.1 cm³/mol. The second-order valence-electron chi connectivity index (χ2n) is 8.23. The summed E-state index contributed by atoms with van der Waals surface area (Å²) < 4.78 is 65.8. The van der Waals surface area contributed by atoms with E-state index in [-0.39, 0.29) is 17.4 Å². The number of alkyl halides is 3. The van der Waals surface area contributed by atoms with Crippen LogP contribution in [0.15, 0.2) is 12.1 Å². The molecule has 1 heterocycles. The van der Waals surface area contributed by atoms with Crippen LogP contribution in [-0.4, -0.2) is 43.4 Å². The molecular weight excluding hydrogens is 413 g/mol. The number of fused-ring (bicyclic) bond motifs is 1. The van der Waals surface area contributed by atoms with Gasteiger partial charge in [0.2, 0.25) is 5.75 Å². The molecule has 7 nitrogen and oxygen atoms in total. The Bertz CT molecular complexity index is 965. The van der Waals surface area contributed by atoms with Crippen LogP contribution in [0, 0.1) is 16.0 Å². The van der Waals surface area contributed by atoms with Crippen molar-refractivity contribution >= 4 is 15.8 Å². The minimum Gasteiger partial charge on any atom is -0.369 e. The molecule has 0 amide bonds. The first-order valence-electron chi connectivity index (χ1n) is 9.49. The molecule has 0 spiro atoms. The van der Waals surface area contributed by atoms with Crippen LogP contribution in [-0.2, 0) is 22.0 Å². The molecule has 2 fully saturated rings. The van der Waals surface area contributed by atoms with Gasteiger partial charge in [0, 0.05) is 17.5 Å². The van der Waals surface area contributed by atoms with Gasteiger partial charge in [-0.2, -0.15) is 21.6 Å². The van der Waals surface area contributed by atoms with Crippen molar-refractivity contribution in [1.29, 1.82) is 0 Å². The average molecular weight is 434 g/mol. The first-order chi connectivity index (χ1) is 13.5. The average Bonchev–Trinajstić information content (AvgIpc) is 2.63. The fourth-order valence-corrected chi connectivity index (χ4v) is 6.06. The van der Waals surface area contributed by atoms with Gasteiger partial charge in [-0.15, -0.1) is 0 Å². The third kappa shape index (κ3) is 3.09. The van der Waals surface area contributed by atoms with Gasteiger partial charge in [0.05, 0.1) is 4.92 Å². The van der Waals surface area contributed by atoms with E-state index in [0.717, 1.165) is 38.6 Å². The quantitative estimate of drug-likeness (QED) is 0.313. The lowest BCUT2D eigenvalue weighted by Gasteiger charge is -2.58. The molecule has 0 N–H and O–H groups in total. The number of nitrogens with zero attached hydrogens (tertiary/aromatic N) is 2. The van der Waals surface area contributed by atoms with E-state index in [1.165, 1.54) is 12.1 Å². The van der Waals surface area contributed by atoms with Crippen molar-refractivity contribution in [2.24, 2.45) is 5.92 Å². The van der Waals surface area contributed by atoms with Crippen molar-refractivity contribution in [1.82, 2.24) is 4.90 Å². The molecule has 1 aliphatic heterocycles. The zero-order valence-corrected chi connectivity index (χ0v) is 16.6. The van der Waals surface area contributed by atoms with E-state index in [1.54, 1.807) is 0 Å². The number of likely N-dealkylation sites (tertiary alicyclic amines) is 1. The van der Waals surface area contributed by atoms with E-state index in [4.69, 9.17) is 0 Å². The van der Waals surface area contributed by atoms with Crippen molar-refractivity contribution in [2.75, 3.05) is 13.6 Å². The van der Waals surface area contributed by atoms with Gasteiger partial charge in [0.1, 0.15) is 0 Å². The van der Waals surface area contributed by atoms with Gasteiger partial charge in [-0.1, -0.05) is 12.8 Å². The third-order valence-corrected chi connectivity index (χ3v) is 7.83.